The molecule has 0 aromatic heterocycles. The Kier molecular flexibility index (Phi) is 6.11. The molecule has 1 saturated heterocycles. The van der Waals surface area contributed by atoms with Gasteiger partial charge in [0.25, 0.3) is 0 Å². The minimum atomic E-state index is -0.226. The Balaban J connectivity index is 2.07. The maximum absolute atomic E-state index is 9.87. The fourth-order valence-corrected chi connectivity index (χ4v) is 2.19. The van der Waals surface area contributed by atoms with Gasteiger partial charge in [-0.2, -0.15) is 11.8 Å². The highest BCUT2D eigenvalue weighted by Gasteiger charge is 2.18. The van der Waals surface area contributed by atoms with Gasteiger partial charge in [0, 0.05) is 24.4 Å². The first kappa shape index (κ1) is 14.3. The summed E-state index contributed by atoms with van der Waals surface area (Å²) in [5.74, 6) is 0. The van der Waals surface area contributed by atoms with Crippen LogP contribution in [0.5, 0.6) is 0 Å². The lowest BCUT2D eigenvalue weighted by Crippen LogP contribution is -2.41. The first-order valence-electron chi connectivity index (χ1n) is 6.20. The number of hydrogen-bond donors (Lipinski definition) is 2. The van der Waals surface area contributed by atoms with Crippen molar-refractivity contribution < 1.29 is 5.11 Å². The fraction of sp³-hybridized carbons (Fsp3) is 1.00. The smallest absolute Gasteiger partial charge is 0.0791 e. The van der Waals surface area contributed by atoms with Gasteiger partial charge in [0.2, 0.25) is 0 Å². The first-order valence-corrected chi connectivity index (χ1v) is 7.42. The summed E-state index contributed by atoms with van der Waals surface area (Å²) in [6, 6.07) is 0. The van der Waals surface area contributed by atoms with E-state index in [1.807, 2.05) is 11.8 Å². The lowest BCUT2D eigenvalue weighted by Gasteiger charge is -2.24. The third-order valence-electron chi connectivity index (χ3n) is 3.15. The van der Waals surface area contributed by atoms with Crippen molar-refractivity contribution in [3.63, 3.8) is 0 Å². The summed E-state index contributed by atoms with van der Waals surface area (Å²) >= 11 is 1.86. The Morgan fingerprint density at radius 2 is 2.00 bits per heavy atom. The van der Waals surface area contributed by atoms with Gasteiger partial charge >= 0.3 is 0 Å². The van der Waals surface area contributed by atoms with Gasteiger partial charge in [0.15, 0.2) is 0 Å². The monoisotopic (exact) mass is 246 g/mol. The van der Waals surface area contributed by atoms with Gasteiger partial charge in [-0.15, -0.1) is 0 Å². The van der Waals surface area contributed by atoms with E-state index in [9.17, 15) is 5.11 Å². The van der Waals surface area contributed by atoms with Gasteiger partial charge < -0.3 is 15.3 Å². The molecule has 1 unspecified atom stereocenters. The van der Waals surface area contributed by atoms with Crippen LogP contribution in [0.2, 0.25) is 0 Å². The van der Waals surface area contributed by atoms with Gasteiger partial charge in [0.1, 0.15) is 0 Å². The summed E-state index contributed by atoms with van der Waals surface area (Å²) in [5.41, 5.74) is 0. The van der Waals surface area contributed by atoms with Crippen molar-refractivity contribution in [2.24, 2.45) is 0 Å². The van der Waals surface area contributed by atoms with Crippen LogP contribution >= 0.6 is 11.8 Å². The molecule has 0 aromatic carbocycles. The van der Waals surface area contributed by atoms with Gasteiger partial charge in [0.05, 0.1) is 6.10 Å². The molecule has 1 atom stereocenters. The predicted molar refractivity (Wildman–Crippen MR) is 72.1 cm³/mol. The highest BCUT2D eigenvalue weighted by atomic mass is 32.2. The van der Waals surface area contributed by atoms with Gasteiger partial charge in [-0.3, -0.25) is 0 Å². The van der Waals surface area contributed by atoms with Crippen molar-refractivity contribution in [1.29, 1.82) is 0 Å². The number of nitrogens with one attached hydrogen (secondary N) is 1. The Hall–Kier alpha value is 0.230. The molecule has 1 rings (SSSR count). The predicted octanol–water partition coefficient (Wildman–Crippen LogP) is 1.17. The number of thioether (sulfide) groups is 1. The molecule has 2 N–H and O–H groups in total. The minimum Gasteiger partial charge on any atom is -0.390 e. The first-order chi connectivity index (χ1) is 7.53. The van der Waals surface area contributed by atoms with E-state index in [4.69, 9.17) is 0 Å². The van der Waals surface area contributed by atoms with E-state index in [1.165, 1.54) is 12.8 Å². The summed E-state index contributed by atoms with van der Waals surface area (Å²) in [6.45, 7) is 9.24. The van der Waals surface area contributed by atoms with E-state index in [1.54, 1.807) is 0 Å². The molecule has 16 heavy (non-hydrogen) atoms. The van der Waals surface area contributed by atoms with E-state index in [0.29, 0.717) is 6.54 Å². The van der Waals surface area contributed by atoms with Crippen molar-refractivity contribution in [1.82, 2.24) is 10.2 Å². The normalized spacial score (nSPS) is 20.2. The number of likely N-dealkylation sites (tertiary alicyclic amines) is 1. The lowest BCUT2D eigenvalue weighted by molar-refractivity contribution is 0.123. The quantitative estimate of drug-likeness (QED) is 0.707. The van der Waals surface area contributed by atoms with Crippen molar-refractivity contribution in [2.45, 2.75) is 37.5 Å². The molecule has 0 amide bonds. The number of aliphatic hydroxyl groups excluding tert-OH is 1. The fourth-order valence-electron chi connectivity index (χ4n) is 1.94. The van der Waals surface area contributed by atoms with E-state index in [0.717, 1.165) is 26.2 Å². The summed E-state index contributed by atoms with van der Waals surface area (Å²) < 4.78 is 0.257. The van der Waals surface area contributed by atoms with Gasteiger partial charge in [-0.25, -0.2) is 0 Å². The van der Waals surface area contributed by atoms with Crippen LogP contribution in [-0.4, -0.2) is 59.8 Å². The van der Waals surface area contributed by atoms with Crippen LogP contribution in [0, 0.1) is 0 Å². The zero-order valence-corrected chi connectivity index (χ0v) is 11.6. The standard InChI is InChI=1S/C12H26N2OS/c1-12(2,16-3)10-13-8-11(15)9-14-6-4-5-7-14/h11,13,15H,4-10H2,1-3H3. The summed E-state index contributed by atoms with van der Waals surface area (Å²) in [7, 11) is 0. The topological polar surface area (TPSA) is 35.5 Å². The number of aliphatic hydroxyl groups is 1. The third kappa shape index (κ3) is 5.53. The van der Waals surface area contributed by atoms with E-state index >= 15 is 0 Å². The molecule has 0 bridgehead atoms. The Labute approximate surface area is 104 Å². The molecule has 1 aliphatic rings. The molecule has 96 valence electrons. The largest absolute Gasteiger partial charge is 0.390 e. The number of hydrogen-bond acceptors (Lipinski definition) is 4. The minimum absolute atomic E-state index is 0.226. The van der Waals surface area contributed by atoms with Crippen LogP contribution in [0.4, 0.5) is 0 Å². The molecule has 4 heteroatoms. The number of rotatable bonds is 7. The Morgan fingerprint density at radius 3 is 2.56 bits per heavy atom. The summed E-state index contributed by atoms with van der Waals surface area (Å²) in [5, 5.41) is 13.2. The van der Waals surface area contributed by atoms with Crippen molar-refractivity contribution in [3.05, 3.63) is 0 Å². The molecular formula is C12H26N2OS. The Bertz CT molecular complexity index is 193. The summed E-state index contributed by atoms with van der Waals surface area (Å²) in [6.07, 6.45) is 4.48. The highest BCUT2D eigenvalue weighted by molar-refractivity contribution is 7.99. The van der Waals surface area contributed by atoms with Crippen LogP contribution in [0.15, 0.2) is 0 Å². The van der Waals surface area contributed by atoms with Crippen molar-refractivity contribution in [3.8, 4) is 0 Å². The highest BCUT2D eigenvalue weighted by Crippen LogP contribution is 2.19. The molecule has 1 fully saturated rings. The second-order valence-corrected chi connectivity index (χ2v) is 6.77. The van der Waals surface area contributed by atoms with E-state index in [-0.39, 0.29) is 10.9 Å². The van der Waals surface area contributed by atoms with Crippen LogP contribution in [0.3, 0.4) is 0 Å². The molecule has 1 heterocycles. The molecule has 3 nitrogen and oxygen atoms in total. The third-order valence-corrected chi connectivity index (χ3v) is 4.40. The molecule has 0 radical (unpaired) electrons. The maximum atomic E-state index is 9.87. The zero-order chi connectivity index (χ0) is 12.0. The molecule has 0 aliphatic carbocycles. The maximum Gasteiger partial charge on any atom is 0.0791 e. The second kappa shape index (κ2) is 6.84. The van der Waals surface area contributed by atoms with Crippen LogP contribution in [0.1, 0.15) is 26.7 Å². The average Bonchev–Trinajstić information content (AvgIpc) is 2.70. The van der Waals surface area contributed by atoms with Crippen molar-refractivity contribution in [2.75, 3.05) is 39.0 Å². The molecule has 1 aliphatic heterocycles. The van der Waals surface area contributed by atoms with Crippen LogP contribution < -0.4 is 5.32 Å². The van der Waals surface area contributed by atoms with Crippen LogP contribution in [-0.2, 0) is 0 Å². The number of nitrogens with zero attached hydrogens (tertiary/aromatic N) is 1. The molecule has 0 spiro atoms. The second-order valence-electron chi connectivity index (χ2n) is 5.26. The average molecular weight is 246 g/mol. The SMILES string of the molecule is CSC(C)(C)CNCC(O)CN1CCCC1. The molecule has 0 aromatic rings. The zero-order valence-electron chi connectivity index (χ0n) is 10.8. The summed E-state index contributed by atoms with van der Waals surface area (Å²) in [4.78, 5) is 2.35. The van der Waals surface area contributed by atoms with Crippen molar-refractivity contribution >= 4 is 11.8 Å². The Morgan fingerprint density at radius 1 is 1.38 bits per heavy atom. The van der Waals surface area contributed by atoms with Gasteiger partial charge in [-0.05, 0) is 46.0 Å². The van der Waals surface area contributed by atoms with E-state index < -0.39 is 0 Å². The number of β-amino-alcohol motifs (C(OH)–C–C–N with tert-alkyl or cyclic N) is 1. The van der Waals surface area contributed by atoms with Crippen LogP contribution in [0.25, 0.3) is 0 Å². The van der Waals surface area contributed by atoms with E-state index in [2.05, 4.69) is 30.3 Å². The lowest BCUT2D eigenvalue weighted by atomic mass is 10.2. The molecular weight excluding hydrogens is 220 g/mol. The molecule has 0 saturated carbocycles. The van der Waals surface area contributed by atoms with Gasteiger partial charge in [-0.1, -0.05) is 0 Å².